The quantitative estimate of drug-likeness (QED) is 0.789. The van der Waals surface area contributed by atoms with Crippen molar-refractivity contribution < 1.29 is 4.79 Å². The molecular formula is C11H18N4O. The molecule has 1 aliphatic heterocycles. The third-order valence-corrected chi connectivity index (χ3v) is 3.25. The third kappa shape index (κ3) is 1.71. The fraction of sp³-hybridized carbons (Fsp3) is 0.636. The number of hydrogen-bond donors (Lipinski definition) is 1. The molecule has 2 N–H and O–H groups in total. The molecule has 0 aromatic carbocycles. The molecule has 1 amide bonds. The number of rotatable bonds is 2. The van der Waals surface area contributed by atoms with E-state index in [0.717, 1.165) is 12.1 Å². The average molecular weight is 222 g/mol. The third-order valence-electron chi connectivity index (χ3n) is 3.25. The summed E-state index contributed by atoms with van der Waals surface area (Å²) >= 11 is 0. The van der Waals surface area contributed by atoms with Gasteiger partial charge in [0.25, 0.3) is 0 Å². The second-order valence-electron chi connectivity index (χ2n) is 4.26. The van der Waals surface area contributed by atoms with Crippen LogP contribution < -0.4 is 5.73 Å². The number of hydrogen-bond acceptors (Lipinski definition) is 3. The Kier molecular flexibility index (Phi) is 2.96. The summed E-state index contributed by atoms with van der Waals surface area (Å²) in [7, 11) is 1.93. The van der Waals surface area contributed by atoms with Gasteiger partial charge in [-0.3, -0.25) is 4.79 Å². The number of nitrogens with zero attached hydrogens (tertiary/aromatic N) is 3. The van der Waals surface area contributed by atoms with E-state index in [-0.39, 0.29) is 18.0 Å². The van der Waals surface area contributed by atoms with E-state index in [4.69, 9.17) is 5.73 Å². The van der Waals surface area contributed by atoms with Crippen LogP contribution in [0.1, 0.15) is 31.5 Å². The van der Waals surface area contributed by atoms with Gasteiger partial charge in [-0.05, 0) is 13.3 Å². The van der Waals surface area contributed by atoms with E-state index in [2.05, 4.69) is 4.98 Å². The Balaban J connectivity index is 2.35. The summed E-state index contributed by atoms with van der Waals surface area (Å²) in [6, 6.07) is -0.0215. The Labute approximate surface area is 95.2 Å². The van der Waals surface area contributed by atoms with Crippen LogP contribution in [0.15, 0.2) is 12.5 Å². The maximum Gasteiger partial charge on any atom is 0.223 e. The van der Waals surface area contributed by atoms with Gasteiger partial charge < -0.3 is 15.2 Å². The largest absolute Gasteiger partial charge is 0.336 e. The molecule has 16 heavy (non-hydrogen) atoms. The minimum absolute atomic E-state index is 0.00745. The number of carbonyl (C=O) groups excluding carboxylic acids is 1. The van der Waals surface area contributed by atoms with Gasteiger partial charge in [0.2, 0.25) is 5.91 Å². The van der Waals surface area contributed by atoms with Gasteiger partial charge in [-0.1, -0.05) is 0 Å². The lowest BCUT2D eigenvalue weighted by atomic mass is 9.94. The molecule has 0 spiro atoms. The van der Waals surface area contributed by atoms with Gasteiger partial charge in [-0.15, -0.1) is 0 Å². The fourth-order valence-electron chi connectivity index (χ4n) is 2.38. The molecule has 1 saturated heterocycles. The molecule has 2 rings (SSSR count). The summed E-state index contributed by atoms with van der Waals surface area (Å²) in [4.78, 5) is 17.8. The second kappa shape index (κ2) is 4.25. The van der Waals surface area contributed by atoms with Crippen LogP contribution >= 0.6 is 0 Å². The number of likely N-dealkylation sites (tertiary alicyclic amines) is 1. The van der Waals surface area contributed by atoms with Crippen LogP contribution in [-0.4, -0.2) is 32.9 Å². The van der Waals surface area contributed by atoms with Gasteiger partial charge in [0.05, 0.1) is 24.3 Å². The number of piperidine rings is 1. The smallest absolute Gasteiger partial charge is 0.223 e. The number of likely N-dealkylation sites (N-methyl/N-ethyl adjacent to an activating group) is 1. The molecule has 2 atom stereocenters. The highest BCUT2D eigenvalue weighted by Crippen LogP contribution is 2.29. The highest BCUT2D eigenvalue weighted by Gasteiger charge is 2.35. The van der Waals surface area contributed by atoms with Gasteiger partial charge >= 0.3 is 0 Å². The van der Waals surface area contributed by atoms with Crippen molar-refractivity contribution in [2.45, 2.75) is 31.8 Å². The minimum atomic E-state index is -0.0289. The second-order valence-corrected chi connectivity index (χ2v) is 4.26. The maximum absolute atomic E-state index is 11.8. The molecule has 2 heterocycles. The fourth-order valence-corrected chi connectivity index (χ4v) is 2.38. The summed E-state index contributed by atoms with van der Waals surface area (Å²) in [6.45, 7) is 2.68. The van der Waals surface area contributed by atoms with E-state index in [1.165, 1.54) is 0 Å². The van der Waals surface area contributed by atoms with Crippen molar-refractivity contribution in [3.8, 4) is 0 Å². The monoisotopic (exact) mass is 222 g/mol. The molecule has 0 radical (unpaired) electrons. The molecule has 1 aliphatic rings. The van der Waals surface area contributed by atoms with Gasteiger partial charge in [0.1, 0.15) is 0 Å². The van der Waals surface area contributed by atoms with E-state index < -0.39 is 0 Å². The summed E-state index contributed by atoms with van der Waals surface area (Å²) < 4.78 is 1.94. The van der Waals surface area contributed by atoms with Gasteiger partial charge in [0.15, 0.2) is 0 Å². The van der Waals surface area contributed by atoms with Crippen molar-refractivity contribution in [3.63, 3.8) is 0 Å². The highest BCUT2D eigenvalue weighted by atomic mass is 16.2. The molecule has 1 aromatic heterocycles. The minimum Gasteiger partial charge on any atom is -0.336 e. The molecule has 1 aromatic rings. The average Bonchev–Trinajstić information content (AvgIpc) is 2.67. The van der Waals surface area contributed by atoms with Crippen molar-refractivity contribution in [3.05, 3.63) is 18.2 Å². The number of aryl methyl sites for hydroxylation is 1. The predicted molar refractivity (Wildman–Crippen MR) is 60.5 cm³/mol. The topological polar surface area (TPSA) is 64.2 Å². The maximum atomic E-state index is 11.8. The molecule has 0 saturated carbocycles. The van der Waals surface area contributed by atoms with Crippen LogP contribution in [0.5, 0.6) is 0 Å². The van der Waals surface area contributed by atoms with Crippen LogP contribution in [0, 0.1) is 0 Å². The molecule has 1 fully saturated rings. The number of nitrogens with two attached hydrogens (primary N) is 1. The molecule has 5 nitrogen and oxygen atoms in total. The molecule has 2 unspecified atom stereocenters. The van der Waals surface area contributed by atoms with E-state index in [1.54, 1.807) is 12.5 Å². The van der Waals surface area contributed by atoms with Gasteiger partial charge in [0, 0.05) is 26.1 Å². The summed E-state index contributed by atoms with van der Waals surface area (Å²) in [5.74, 6) is 0.190. The zero-order valence-electron chi connectivity index (χ0n) is 9.76. The van der Waals surface area contributed by atoms with Crippen molar-refractivity contribution in [1.29, 1.82) is 0 Å². The molecule has 5 heteroatoms. The lowest BCUT2D eigenvalue weighted by molar-refractivity contribution is -0.137. The first-order chi connectivity index (χ1) is 7.65. The molecule has 0 bridgehead atoms. The SMILES string of the molecule is CCN1C(=O)CCC(N)C1c1cncn1C. The van der Waals surface area contributed by atoms with Crippen LogP contribution in [0.25, 0.3) is 0 Å². The number of aromatic nitrogens is 2. The Morgan fingerprint density at radius 2 is 2.38 bits per heavy atom. The van der Waals surface area contributed by atoms with Crippen molar-refractivity contribution in [1.82, 2.24) is 14.5 Å². The standard InChI is InChI=1S/C11H18N4O/c1-3-15-10(16)5-4-8(12)11(15)9-6-13-7-14(9)2/h6-8,11H,3-5,12H2,1-2H3. The first-order valence-electron chi connectivity index (χ1n) is 5.66. The summed E-state index contributed by atoms with van der Waals surface area (Å²) in [5, 5.41) is 0. The van der Waals surface area contributed by atoms with E-state index >= 15 is 0 Å². The normalized spacial score (nSPS) is 26.2. The van der Waals surface area contributed by atoms with Crippen LogP contribution in [-0.2, 0) is 11.8 Å². The van der Waals surface area contributed by atoms with Crippen LogP contribution in [0.4, 0.5) is 0 Å². The first kappa shape index (κ1) is 11.1. The zero-order valence-corrected chi connectivity index (χ0v) is 9.76. The predicted octanol–water partition coefficient (Wildman–Crippen LogP) is 0.431. The van der Waals surface area contributed by atoms with Gasteiger partial charge in [-0.2, -0.15) is 0 Å². The van der Waals surface area contributed by atoms with E-state index in [1.807, 2.05) is 23.4 Å². The lowest BCUT2D eigenvalue weighted by Gasteiger charge is -2.39. The lowest BCUT2D eigenvalue weighted by Crippen LogP contribution is -2.49. The van der Waals surface area contributed by atoms with E-state index in [0.29, 0.717) is 13.0 Å². The van der Waals surface area contributed by atoms with Crippen LogP contribution in [0.3, 0.4) is 0 Å². The molecule has 0 aliphatic carbocycles. The van der Waals surface area contributed by atoms with Gasteiger partial charge in [-0.25, -0.2) is 4.98 Å². The number of amides is 1. The summed E-state index contributed by atoms with van der Waals surface area (Å²) in [5.41, 5.74) is 7.15. The number of carbonyl (C=O) groups is 1. The Bertz CT molecular complexity index is 387. The molecule has 88 valence electrons. The Morgan fingerprint density at radius 1 is 1.62 bits per heavy atom. The Hall–Kier alpha value is -1.36. The van der Waals surface area contributed by atoms with Crippen LogP contribution in [0.2, 0.25) is 0 Å². The van der Waals surface area contributed by atoms with Crippen molar-refractivity contribution in [2.24, 2.45) is 12.8 Å². The number of imidazole rings is 1. The molecular weight excluding hydrogens is 204 g/mol. The highest BCUT2D eigenvalue weighted by molar-refractivity contribution is 5.77. The van der Waals surface area contributed by atoms with E-state index in [9.17, 15) is 4.79 Å². The summed E-state index contributed by atoms with van der Waals surface area (Å²) in [6.07, 6.45) is 4.86. The van der Waals surface area contributed by atoms with Crippen molar-refractivity contribution >= 4 is 5.91 Å². The Morgan fingerprint density at radius 3 is 2.94 bits per heavy atom. The first-order valence-corrected chi connectivity index (χ1v) is 5.66. The zero-order chi connectivity index (χ0) is 11.7. The van der Waals surface area contributed by atoms with Crippen molar-refractivity contribution in [2.75, 3.05) is 6.54 Å².